The summed E-state index contributed by atoms with van der Waals surface area (Å²) < 4.78 is 0. The van der Waals surface area contributed by atoms with Crippen LogP contribution in [0, 0.1) is 0 Å². The molecule has 2 heterocycles. The maximum atomic E-state index is 12.8. The summed E-state index contributed by atoms with van der Waals surface area (Å²) >= 11 is 0. The second-order valence-corrected chi connectivity index (χ2v) is 5.60. The molecule has 0 saturated carbocycles. The van der Waals surface area contributed by atoms with Crippen molar-refractivity contribution < 1.29 is 9.59 Å². The Hall–Kier alpha value is -2.69. The van der Waals surface area contributed by atoms with Crippen molar-refractivity contribution >= 4 is 11.8 Å². The number of hydrogen-bond donors (Lipinski definition) is 1. The summed E-state index contributed by atoms with van der Waals surface area (Å²) in [6.07, 6.45) is 3.96. The fourth-order valence-electron chi connectivity index (χ4n) is 2.85. The average Bonchev–Trinajstić information content (AvgIpc) is 2.60. The van der Waals surface area contributed by atoms with Crippen LogP contribution < -0.4 is 5.32 Å². The molecule has 1 aromatic heterocycles. The lowest BCUT2D eigenvalue weighted by Crippen LogP contribution is -2.52. The second kappa shape index (κ2) is 6.60. The van der Waals surface area contributed by atoms with Crippen molar-refractivity contribution in [1.29, 1.82) is 0 Å². The summed E-state index contributed by atoms with van der Waals surface area (Å²) in [5, 5.41) is 2.83. The van der Waals surface area contributed by atoms with Crippen molar-refractivity contribution in [1.82, 2.24) is 15.2 Å². The number of amides is 2. The fraction of sp³-hybridized carbons (Fsp3) is 0.278. The minimum Gasteiger partial charge on any atom is -0.340 e. The molecule has 2 amide bonds. The molecule has 0 radical (unpaired) electrons. The molecule has 5 nitrogen and oxygen atoms in total. The predicted octanol–water partition coefficient (Wildman–Crippen LogP) is 1.78. The van der Waals surface area contributed by atoms with E-state index in [0.717, 1.165) is 11.1 Å². The van der Waals surface area contributed by atoms with Crippen LogP contribution in [0.2, 0.25) is 0 Å². The Labute approximate surface area is 135 Å². The monoisotopic (exact) mass is 309 g/mol. The van der Waals surface area contributed by atoms with Crippen molar-refractivity contribution in [2.24, 2.45) is 0 Å². The van der Waals surface area contributed by atoms with Crippen molar-refractivity contribution in [3.63, 3.8) is 0 Å². The number of carbonyl (C=O) groups excluding carboxylic acids is 2. The zero-order valence-electron chi connectivity index (χ0n) is 13.0. The third kappa shape index (κ3) is 3.23. The minimum atomic E-state index is -0.501. The Morgan fingerprint density at radius 3 is 2.74 bits per heavy atom. The van der Waals surface area contributed by atoms with E-state index in [1.807, 2.05) is 37.3 Å². The lowest BCUT2D eigenvalue weighted by atomic mass is 9.94. The van der Waals surface area contributed by atoms with Crippen LogP contribution in [-0.2, 0) is 17.8 Å². The van der Waals surface area contributed by atoms with Crippen LogP contribution >= 0.6 is 0 Å². The normalized spacial score (nSPS) is 16.4. The average molecular weight is 309 g/mol. The highest BCUT2D eigenvalue weighted by Gasteiger charge is 2.31. The van der Waals surface area contributed by atoms with Gasteiger partial charge < -0.3 is 10.2 Å². The number of nitrogens with zero attached hydrogens (tertiary/aromatic N) is 2. The van der Waals surface area contributed by atoms with E-state index >= 15 is 0 Å². The molecule has 0 bridgehead atoms. The van der Waals surface area contributed by atoms with E-state index < -0.39 is 6.04 Å². The number of rotatable bonds is 4. The van der Waals surface area contributed by atoms with E-state index in [1.165, 1.54) is 0 Å². The van der Waals surface area contributed by atoms with E-state index in [9.17, 15) is 9.59 Å². The first-order chi connectivity index (χ1) is 11.2. The molecule has 1 aliphatic heterocycles. The van der Waals surface area contributed by atoms with Crippen LogP contribution in [0.15, 0.2) is 48.8 Å². The Morgan fingerprint density at radius 1 is 1.26 bits per heavy atom. The summed E-state index contributed by atoms with van der Waals surface area (Å²) in [5.74, 6) is -0.225. The molecule has 0 unspecified atom stereocenters. The third-order valence-corrected chi connectivity index (χ3v) is 4.11. The Bertz CT molecular complexity index is 715. The fourth-order valence-corrected chi connectivity index (χ4v) is 2.85. The van der Waals surface area contributed by atoms with E-state index in [0.29, 0.717) is 25.1 Å². The smallest absolute Gasteiger partial charge is 0.252 e. The molecule has 118 valence electrons. The summed E-state index contributed by atoms with van der Waals surface area (Å²) in [6, 6.07) is 10.7. The van der Waals surface area contributed by atoms with Gasteiger partial charge in [0, 0.05) is 37.5 Å². The largest absolute Gasteiger partial charge is 0.340 e. The summed E-state index contributed by atoms with van der Waals surface area (Å²) in [4.78, 5) is 30.7. The molecule has 1 aliphatic rings. The zero-order chi connectivity index (χ0) is 16.2. The third-order valence-electron chi connectivity index (χ3n) is 4.11. The number of fused-ring (bicyclic) bond motifs is 1. The van der Waals surface area contributed by atoms with Gasteiger partial charge in [-0.25, -0.2) is 0 Å². The zero-order valence-corrected chi connectivity index (χ0v) is 13.0. The Morgan fingerprint density at radius 2 is 2.00 bits per heavy atom. The first-order valence-electron chi connectivity index (χ1n) is 7.75. The van der Waals surface area contributed by atoms with Gasteiger partial charge in [0.2, 0.25) is 5.91 Å². The van der Waals surface area contributed by atoms with Crippen LogP contribution in [0.5, 0.6) is 0 Å². The predicted molar refractivity (Wildman–Crippen MR) is 86.7 cm³/mol. The van der Waals surface area contributed by atoms with Crippen molar-refractivity contribution in [3.8, 4) is 0 Å². The van der Waals surface area contributed by atoms with Crippen molar-refractivity contribution in [3.05, 3.63) is 65.5 Å². The van der Waals surface area contributed by atoms with Crippen LogP contribution in [0.3, 0.4) is 0 Å². The first kappa shape index (κ1) is 15.2. The molecule has 0 aliphatic carbocycles. The minimum absolute atomic E-state index is 0.0489. The van der Waals surface area contributed by atoms with Crippen molar-refractivity contribution in [2.45, 2.75) is 25.9 Å². The number of pyridine rings is 1. The molecule has 1 aromatic carbocycles. The molecule has 2 aromatic rings. The lowest BCUT2D eigenvalue weighted by molar-refractivity contribution is -0.133. The van der Waals surface area contributed by atoms with Gasteiger partial charge in [0.25, 0.3) is 5.91 Å². The Balaban J connectivity index is 1.76. The molecule has 5 heteroatoms. The maximum absolute atomic E-state index is 12.8. The molecule has 0 fully saturated rings. The van der Waals surface area contributed by atoms with Gasteiger partial charge >= 0.3 is 0 Å². The molecule has 0 spiro atoms. The molecule has 23 heavy (non-hydrogen) atoms. The van der Waals surface area contributed by atoms with Crippen molar-refractivity contribution in [2.75, 3.05) is 6.54 Å². The van der Waals surface area contributed by atoms with E-state index in [2.05, 4.69) is 10.3 Å². The molecular formula is C18H19N3O2. The van der Waals surface area contributed by atoms with E-state index in [-0.39, 0.29) is 11.8 Å². The SMILES string of the molecule is CCN(Cc1ccncc1)C(=O)[C@@H]1Cc2ccccc2C(=O)N1. The summed E-state index contributed by atoms with van der Waals surface area (Å²) in [6.45, 7) is 3.05. The Kier molecular flexibility index (Phi) is 4.37. The number of nitrogens with one attached hydrogen (secondary N) is 1. The topological polar surface area (TPSA) is 62.3 Å². The highest BCUT2D eigenvalue weighted by Crippen LogP contribution is 2.18. The van der Waals surface area contributed by atoms with Gasteiger partial charge in [0.05, 0.1) is 0 Å². The van der Waals surface area contributed by atoms with Gasteiger partial charge in [-0.3, -0.25) is 14.6 Å². The molecule has 3 rings (SSSR count). The van der Waals surface area contributed by atoms with Crippen LogP contribution in [0.1, 0.15) is 28.4 Å². The quantitative estimate of drug-likeness (QED) is 0.936. The van der Waals surface area contributed by atoms with E-state index in [1.54, 1.807) is 23.4 Å². The lowest BCUT2D eigenvalue weighted by Gasteiger charge is -2.30. The number of likely N-dealkylation sites (N-methyl/N-ethyl adjacent to an activating group) is 1. The summed E-state index contributed by atoms with van der Waals surface area (Å²) in [7, 11) is 0. The molecule has 1 atom stereocenters. The van der Waals surface area contributed by atoms with Crippen LogP contribution in [0.4, 0.5) is 0 Å². The number of benzene rings is 1. The van der Waals surface area contributed by atoms with Gasteiger partial charge in [-0.15, -0.1) is 0 Å². The number of hydrogen-bond acceptors (Lipinski definition) is 3. The van der Waals surface area contributed by atoms with E-state index in [4.69, 9.17) is 0 Å². The highest BCUT2D eigenvalue weighted by molar-refractivity contribution is 6.00. The van der Waals surface area contributed by atoms with Gasteiger partial charge in [0.15, 0.2) is 0 Å². The molecule has 1 N–H and O–H groups in total. The molecular weight excluding hydrogens is 290 g/mol. The number of carbonyl (C=O) groups is 2. The second-order valence-electron chi connectivity index (χ2n) is 5.60. The van der Waals surface area contributed by atoms with Crippen LogP contribution in [-0.4, -0.2) is 34.3 Å². The number of aromatic nitrogens is 1. The standard InChI is InChI=1S/C18H19N3O2/c1-2-21(12-13-7-9-19-10-8-13)18(23)16-11-14-5-3-4-6-15(14)17(22)20-16/h3-10,16H,2,11-12H2,1H3,(H,20,22)/t16-/m0/s1. The maximum Gasteiger partial charge on any atom is 0.252 e. The first-order valence-corrected chi connectivity index (χ1v) is 7.75. The van der Waals surface area contributed by atoms with Gasteiger partial charge in [0.1, 0.15) is 6.04 Å². The summed E-state index contributed by atoms with van der Waals surface area (Å²) in [5.41, 5.74) is 2.61. The van der Waals surface area contributed by atoms with Gasteiger partial charge in [-0.05, 0) is 36.2 Å². The van der Waals surface area contributed by atoms with Gasteiger partial charge in [-0.2, -0.15) is 0 Å². The molecule has 0 saturated heterocycles. The van der Waals surface area contributed by atoms with Gasteiger partial charge in [-0.1, -0.05) is 18.2 Å². The highest BCUT2D eigenvalue weighted by atomic mass is 16.2. The van der Waals surface area contributed by atoms with Crippen LogP contribution in [0.25, 0.3) is 0 Å².